The number of aryl methyl sites for hydroxylation is 1. The number of nitrogens with one attached hydrogen (secondary N) is 2. The zero-order chi connectivity index (χ0) is 17.0. The molecular formula is C16H17FN2O3S. The summed E-state index contributed by atoms with van der Waals surface area (Å²) in [4.78, 5) is 12.1. The predicted octanol–water partition coefficient (Wildman–Crippen LogP) is 1.97. The average Bonchev–Trinajstić information content (AvgIpc) is 2.54. The van der Waals surface area contributed by atoms with Crippen LogP contribution in [-0.4, -0.2) is 21.4 Å². The third-order valence-electron chi connectivity index (χ3n) is 3.32. The summed E-state index contributed by atoms with van der Waals surface area (Å²) >= 11 is 0. The first kappa shape index (κ1) is 17.1. The molecular weight excluding hydrogens is 319 g/mol. The van der Waals surface area contributed by atoms with Crippen molar-refractivity contribution in [3.05, 3.63) is 65.0 Å². The first-order valence-electron chi connectivity index (χ1n) is 6.90. The Morgan fingerprint density at radius 2 is 1.91 bits per heavy atom. The van der Waals surface area contributed by atoms with Crippen molar-refractivity contribution in [3.8, 4) is 0 Å². The third-order valence-corrected chi connectivity index (χ3v) is 4.74. The minimum absolute atomic E-state index is 0.00540. The molecule has 0 aliphatic heterocycles. The van der Waals surface area contributed by atoms with Gasteiger partial charge in [-0.15, -0.1) is 0 Å². The van der Waals surface area contributed by atoms with Gasteiger partial charge in [-0.1, -0.05) is 18.2 Å². The van der Waals surface area contributed by atoms with E-state index in [-0.39, 0.29) is 17.0 Å². The van der Waals surface area contributed by atoms with Crippen molar-refractivity contribution in [1.82, 2.24) is 10.0 Å². The van der Waals surface area contributed by atoms with E-state index in [1.807, 2.05) is 0 Å². The van der Waals surface area contributed by atoms with Gasteiger partial charge in [-0.25, -0.2) is 17.5 Å². The molecule has 0 aliphatic carbocycles. The van der Waals surface area contributed by atoms with Crippen molar-refractivity contribution in [3.63, 3.8) is 0 Å². The summed E-state index contributed by atoms with van der Waals surface area (Å²) in [6.07, 6.45) is 0. The molecule has 0 fully saturated rings. The Kier molecular flexibility index (Phi) is 5.12. The second-order valence-corrected chi connectivity index (χ2v) is 6.90. The molecule has 0 aromatic heterocycles. The summed E-state index contributed by atoms with van der Waals surface area (Å²) in [6, 6.07) is 10.4. The number of rotatable bonds is 5. The molecule has 2 N–H and O–H groups in total. The van der Waals surface area contributed by atoms with Gasteiger partial charge in [0, 0.05) is 17.7 Å². The number of hydrogen-bond acceptors (Lipinski definition) is 3. The van der Waals surface area contributed by atoms with Gasteiger partial charge in [-0.3, -0.25) is 4.79 Å². The Labute approximate surface area is 134 Å². The summed E-state index contributed by atoms with van der Waals surface area (Å²) in [5.41, 5.74) is 1.35. The van der Waals surface area contributed by atoms with E-state index in [9.17, 15) is 17.6 Å². The van der Waals surface area contributed by atoms with Crippen molar-refractivity contribution < 1.29 is 17.6 Å². The fourth-order valence-corrected chi connectivity index (χ4v) is 2.77. The van der Waals surface area contributed by atoms with E-state index in [2.05, 4.69) is 10.0 Å². The van der Waals surface area contributed by atoms with E-state index < -0.39 is 21.7 Å². The molecule has 1 amide bonds. The fraction of sp³-hybridized carbons (Fsp3) is 0.188. The van der Waals surface area contributed by atoms with Crippen molar-refractivity contribution >= 4 is 15.9 Å². The van der Waals surface area contributed by atoms with E-state index in [0.717, 1.165) is 5.56 Å². The standard InChI is InChI=1S/C16H17FN2O3S/c1-11-6-7-13(15(17)8-11)10-19-16(20)12-4-3-5-14(9-12)23(21,22)18-2/h3-9,18H,10H2,1-2H3,(H,19,20). The zero-order valence-electron chi connectivity index (χ0n) is 12.8. The molecule has 0 bridgehead atoms. The Bertz CT molecular complexity index is 835. The molecule has 2 aromatic carbocycles. The number of amides is 1. The molecule has 5 nitrogen and oxygen atoms in total. The van der Waals surface area contributed by atoms with Crippen LogP contribution in [0.3, 0.4) is 0 Å². The molecule has 0 saturated carbocycles. The highest BCUT2D eigenvalue weighted by atomic mass is 32.2. The van der Waals surface area contributed by atoms with Gasteiger partial charge in [0.25, 0.3) is 5.91 Å². The molecule has 0 radical (unpaired) electrons. The SMILES string of the molecule is CNS(=O)(=O)c1cccc(C(=O)NCc2ccc(C)cc2F)c1. The van der Waals surface area contributed by atoms with Crippen molar-refractivity contribution in [2.45, 2.75) is 18.4 Å². The van der Waals surface area contributed by atoms with E-state index in [1.54, 1.807) is 19.1 Å². The van der Waals surface area contributed by atoms with Crippen LogP contribution in [0.25, 0.3) is 0 Å². The Balaban J connectivity index is 2.14. The largest absolute Gasteiger partial charge is 0.348 e. The highest BCUT2D eigenvalue weighted by molar-refractivity contribution is 7.89. The predicted molar refractivity (Wildman–Crippen MR) is 85.0 cm³/mol. The maximum Gasteiger partial charge on any atom is 0.251 e. The van der Waals surface area contributed by atoms with Gasteiger partial charge in [-0.2, -0.15) is 0 Å². The molecule has 2 aromatic rings. The lowest BCUT2D eigenvalue weighted by atomic mass is 10.1. The van der Waals surface area contributed by atoms with Crippen LogP contribution in [0.5, 0.6) is 0 Å². The lowest BCUT2D eigenvalue weighted by Crippen LogP contribution is -2.24. The number of sulfonamides is 1. The normalized spacial score (nSPS) is 11.3. The minimum Gasteiger partial charge on any atom is -0.348 e. The quantitative estimate of drug-likeness (QED) is 0.876. The summed E-state index contributed by atoms with van der Waals surface area (Å²) in [7, 11) is -2.33. The maximum atomic E-state index is 13.7. The third kappa shape index (κ3) is 4.14. The number of hydrogen-bond donors (Lipinski definition) is 2. The van der Waals surface area contributed by atoms with Gasteiger partial charge < -0.3 is 5.32 Å². The van der Waals surface area contributed by atoms with E-state index in [0.29, 0.717) is 5.56 Å². The lowest BCUT2D eigenvalue weighted by molar-refractivity contribution is 0.0950. The van der Waals surface area contributed by atoms with E-state index in [4.69, 9.17) is 0 Å². The van der Waals surface area contributed by atoms with E-state index in [1.165, 1.54) is 37.4 Å². The van der Waals surface area contributed by atoms with Crippen LogP contribution in [0.15, 0.2) is 47.4 Å². The maximum absolute atomic E-state index is 13.7. The summed E-state index contributed by atoms with van der Waals surface area (Å²) in [6.45, 7) is 1.80. The first-order chi connectivity index (χ1) is 10.8. The summed E-state index contributed by atoms with van der Waals surface area (Å²) < 4.78 is 39.4. The molecule has 0 aliphatic rings. The van der Waals surface area contributed by atoms with Crippen molar-refractivity contribution in [2.75, 3.05) is 7.05 Å². The Hall–Kier alpha value is -2.25. The number of carbonyl (C=O) groups is 1. The minimum atomic E-state index is -3.62. The molecule has 0 unspecified atom stereocenters. The molecule has 122 valence electrons. The van der Waals surface area contributed by atoms with Crippen LogP contribution in [0.4, 0.5) is 4.39 Å². The molecule has 0 saturated heterocycles. The van der Waals surface area contributed by atoms with Gasteiger partial charge in [0.05, 0.1) is 4.90 Å². The van der Waals surface area contributed by atoms with Crippen LogP contribution in [0, 0.1) is 12.7 Å². The first-order valence-corrected chi connectivity index (χ1v) is 8.38. The molecule has 23 heavy (non-hydrogen) atoms. The second kappa shape index (κ2) is 6.89. The zero-order valence-corrected chi connectivity index (χ0v) is 13.6. The van der Waals surface area contributed by atoms with Crippen molar-refractivity contribution in [1.29, 1.82) is 0 Å². The number of halogens is 1. The van der Waals surface area contributed by atoms with Crippen LogP contribution in [0.1, 0.15) is 21.5 Å². The summed E-state index contributed by atoms with van der Waals surface area (Å²) in [5.74, 6) is -0.866. The monoisotopic (exact) mass is 336 g/mol. The van der Waals surface area contributed by atoms with Gasteiger partial charge in [0.15, 0.2) is 0 Å². The average molecular weight is 336 g/mol. The van der Waals surface area contributed by atoms with Crippen LogP contribution in [0.2, 0.25) is 0 Å². The highest BCUT2D eigenvalue weighted by Crippen LogP contribution is 2.12. The topological polar surface area (TPSA) is 75.3 Å². The number of carbonyl (C=O) groups excluding carboxylic acids is 1. The number of benzene rings is 2. The van der Waals surface area contributed by atoms with Gasteiger partial charge in [0.2, 0.25) is 10.0 Å². The molecule has 0 heterocycles. The van der Waals surface area contributed by atoms with Gasteiger partial charge in [-0.05, 0) is 43.8 Å². The summed E-state index contributed by atoms with van der Waals surface area (Å²) in [5, 5.41) is 2.58. The smallest absolute Gasteiger partial charge is 0.251 e. The Morgan fingerprint density at radius 1 is 1.17 bits per heavy atom. The highest BCUT2D eigenvalue weighted by Gasteiger charge is 2.14. The van der Waals surface area contributed by atoms with Crippen molar-refractivity contribution in [2.24, 2.45) is 0 Å². The molecule has 0 atom stereocenters. The second-order valence-electron chi connectivity index (χ2n) is 5.01. The van der Waals surface area contributed by atoms with Crippen LogP contribution in [-0.2, 0) is 16.6 Å². The lowest BCUT2D eigenvalue weighted by Gasteiger charge is -2.08. The molecule has 0 spiro atoms. The molecule has 7 heteroatoms. The molecule has 2 rings (SSSR count). The fourth-order valence-electron chi connectivity index (χ4n) is 2.00. The van der Waals surface area contributed by atoms with E-state index >= 15 is 0 Å². The van der Waals surface area contributed by atoms with Crippen LogP contribution < -0.4 is 10.0 Å². The van der Waals surface area contributed by atoms with Crippen LogP contribution >= 0.6 is 0 Å². The van der Waals surface area contributed by atoms with Gasteiger partial charge >= 0.3 is 0 Å². The van der Waals surface area contributed by atoms with Gasteiger partial charge in [0.1, 0.15) is 5.82 Å². The Morgan fingerprint density at radius 3 is 2.57 bits per heavy atom.